The highest BCUT2D eigenvalue weighted by Crippen LogP contribution is 2.23. The Bertz CT molecular complexity index is 303. The maximum atomic E-state index is 5.67. The lowest BCUT2D eigenvalue weighted by atomic mass is 10.0. The van der Waals surface area contributed by atoms with E-state index in [1.54, 1.807) is 0 Å². The summed E-state index contributed by atoms with van der Waals surface area (Å²) in [6, 6.07) is 8.79. The molecule has 3 heteroatoms. The summed E-state index contributed by atoms with van der Waals surface area (Å²) >= 11 is 0. The minimum atomic E-state index is 0. The maximum Gasteiger partial charge on any atom is 0.122 e. The van der Waals surface area contributed by atoms with Crippen LogP contribution in [0.5, 0.6) is 5.75 Å². The second-order valence-electron chi connectivity index (χ2n) is 3.77. The lowest BCUT2D eigenvalue weighted by Gasteiger charge is -2.25. The number of nitrogens with one attached hydrogen (secondary N) is 1. The fraction of sp³-hybridized carbons (Fsp3) is 0.500. The van der Waals surface area contributed by atoms with Crippen molar-refractivity contribution >= 4 is 12.4 Å². The van der Waals surface area contributed by atoms with Crippen molar-refractivity contribution in [3.8, 4) is 5.75 Å². The van der Waals surface area contributed by atoms with Gasteiger partial charge in [0.1, 0.15) is 12.4 Å². The van der Waals surface area contributed by atoms with E-state index in [0.29, 0.717) is 6.04 Å². The minimum Gasteiger partial charge on any atom is -0.492 e. The van der Waals surface area contributed by atoms with Crippen molar-refractivity contribution in [3.63, 3.8) is 0 Å². The van der Waals surface area contributed by atoms with Crippen LogP contribution in [0.15, 0.2) is 24.3 Å². The number of hydrogen-bond acceptors (Lipinski definition) is 2. The molecule has 0 saturated carbocycles. The van der Waals surface area contributed by atoms with Crippen molar-refractivity contribution in [1.29, 1.82) is 0 Å². The van der Waals surface area contributed by atoms with Gasteiger partial charge in [-0.1, -0.05) is 25.1 Å². The summed E-state index contributed by atoms with van der Waals surface area (Å²) in [5, 5.41) is 3.49. The normalized spacial score (nSPS) is 18.6. The van der Waals surface area contributed by atoms with Crippen molar-refractivity contribution in [2.45, 2.75) is 25.8 Å². The van der Waals surface area contributed by atoms with Crippen molar-refractivity contribution in [1.82, 2.24) is 5.32 Å². The molecule has 0 spiro atoms. The van der Waals surface area contributed by atoms with Gasteiger partial charge in [0.2, 0.25) is 0 Å². The summed E-state index contributed by atoms with van der Waals surface area (Å²) in [5.74, 6) is 1.06. The molecule has 1 aliphatic heterocycles. The molecule has 1 aromatic rings. The van der Waals surface area contributed by atoms with Crippen LogP contribution >= 0.6 is 12.4 Å². The molecule has 1 atom stereocenters. The first-order chi connectivity index (χ1) is 6.90. The zero-order chi connectivity index (χ0) is 9.80. The third-order valence-corrected chi connectivity index (χ3v) is 2.56. The first kappa shape index (κ1) is 12.3. The second-order valence-corrected chi connectivity index (χ2v) is 3.77. The molecule has 0 aliphatic carbocycles. The van der Waals surface area contributed by atoms with Crippen LogP contribution in [0.2, 0.25) is 0 Å². The Morgan fingerprint density at radius 1 is 1.40 bits per heavy atom. The number of ether oxygens (including phenoxy) is 1. The van der Waals surface area contributed by atoms with E-state index in [4.69, 9.17) is 4.74 Å². The van der Waals surface area contributed by atoms with E-state index >= 15 is 0 Å². The van der Waals surface area contributed by atoms with Crippen LogP contribution in [0.3, 0.4) is 0 Å². The van der Waals surface area contributed by atoms with Crippen LogP contribution in [0.25, 0.3) is 0 Å². The van der Waals surface area contributed by atoms with Gasteiger partial charge in [0, 0.05) is 6.04 Å². The Morgan fingerprint density at radius 2 is 2.20 bits per heavy atom. The molecular weight excluding hydrogens is 210 g/mol. The lowest BCUT2D eigenvalue weighted by Crippen LogP contribution is -2.39. The Labute approximate surface area is 97.4 Å². The summed E-state index contributed by atoms with van der Waals surface area (Å²) in [6.07, 6.45) is 2.27. The minimum absolute atomic E-state index is 0. The van der Waals surface area contributed by atoms with Gasteiger partial charge in [-0.05, 0) is 31.0 Å². The predicted octanol–water partition coefficient (Wildman–Crippen LogP) is 2.41. The van der Waals surface area contributed by atoms with E-state index in [-0.39, 0.29) is 12.4 Å². The lowest BCUT2D eigenvalue weighted by molar-refractivity contribution is 0.239. The molecule has 0 radical (unpaired) electrons. The fourth-order valence-corrected chi connectivity index (χ4v) is 1.81. The standard InChI is InChI=1S/C12H17NO.ClH/c1-2-7-13-11-8-10-5-3-4-6-12(10)14-9-11;/h3-6,11,13H,2,7-9H2,1H3;1H. The molecule has 2 rings (SSSR count). The van der Waals surface area contributed by atoms with Gasteiger partial charge >= 0.3 is 0 Å². The first-order valence-corrected chi connectivity index (χ1v) is 5.34. The SMILES string of the molecule is CCCNC1COc2ccccc2C1.Cl. The molecule has 0 bridgehead atoms. The van der Waals surface area contributed by atoms with E-state index in [0.717, 1.165) is 25.3 Å². The van der Waals surface area contributed by atoms with Crippen LogP contribution in [-0.2, 0) is 6.42 Å². The molecule has 1 N–H and O–H groups in total. The van der Waals surface area contributed by atoms with E-state index in [1.165, 1.54) is 12.0 Å². The zero-order valence-electron chi connectivity index (χ0n) is 9.03. The van der Waals surface area contributed by atoms with Gasteiger partial charge in [0.05, 0.1) is 0 Å². The highest BCUT2D eigenvalue weighted by Gasteiger charge is 2.17. The van der Waals surface area contributed by atoms with Gasteiger partial charge in [0.15, 0.2) is 0 Å². The molecule has 0 fully saturated rings. The summed E-state index contributed by atoms with van der Waals surface area (Å²) in [7, 11) is 0. The molecule has 15 heavy (non-hydrogen) atoms. The third kappa shape index (κ3) is 3.11. The third-order valence-electron chi connectivity index (χ3n) is 2.56. The van der Waals surface area contributed by atoms with Gasteiger partial charge in [0.25, 0.3) is 0 Å². The van der Waals surface area contributed by atoms with Crippen molar-refractivity contribution in [2.75, 3.05) is 13.2 Å². The van der Waals surface area contributed by atoms with E-state index in [9.17, 15) is 0 Å². The van der Waals surface area contributed by atoms with Gasteiger partial charge < -0.3 is 10.1 Å². The topological polar surface area (TPSA) is 21.3 Å². The van der Waals surface area contributed by atoms with Gasteiger partial charge in [-0.2, -0.15) is 0 Å². The van der Waals surface area contributed by atoms with Gasteiger partial charge in [-0.25, -0.2) is 0 Å². The average Bonchev–Trinajstić information content (AvgIpc) is 2.26. The van der Waals surface area contributed by atoms with E-state index in [1.807, 2.05) is 12.1 Å². The molecule has 0 saturated heterocycles. The molecular formula is C12H18ClNO. The quantitative estimate of drug-likeness (QED) is 0.857. The van der Waals surface area contributed by atoms with Gasteiger partial charge in [-0.3, -0.25) is 0 Å². The summed E-state index contributed by atoms with van der Waals surface area (Å²) in [5.41, 5.74) is 1.33. The highest BCUT2D eigenvalue weighted by atomic mass is 35.5. The van der Waals surface area contributed by atoms with Crippen LogP contribution in [0, 0.1) is 0 Å². The van der Waals surface area contributed by atoms with E-state index in [2.05, 4.69) is 24.4 Å². The largest absolute Gasteiger partial charge is 0.492 e. The number of halogens is 1. The van der Waals surface area contributed by atoms with Crippen LogP contribution in [0.1, 0.15) is 18.9 Å². The smallest absolute Gasteiger partial charge is 0.122 e. The highest BCUT2D eigenvalue weighted by molar-refractivity contribution is 5.85. The van der Waals surface area contributed by atoms with Gasteiger partial charge in [-0.15, -0.1) is 12.4 Å². The number of para-hydroxylation sites is 1. The molecule has 0 amide bonds. The molecule has 1 unspecified atom stereocenters. The second kappa shape index (κ2) is 5.99. The van der Waals surface area contributed by atoms with Crippen LogP contribution in [-0.4, -0.2) is 19.2 Å². The zero-order valence-corrected chi connectivity index (χ0v) is 9.85. The summed E-state index contributed by atoms with van der Waals surface area (Å²) in [6.45, 7) is 4.07. The monoisotopic (exact) mass is 227 g/mol. The molecule has 1 aliphatic rings. The maximum absolute atomic E-state index is 5.67. The number of benzene rings is 1. The Kier molecular flexibility index (Phi) is 4.92. The molecule has 1 aromatic carbocycles. The molecule has 0 aromatic heterocycles. The molecule has 84 valence electrons. The number of rotatable bonds is 3. The fourth-order valence-electron chi connectivity index (χ4n) is 1.81. The van der Waals surface area contributed by atoms with Crippen LogP contribution in [0.4, 0.5) is 0 Å². The Hall–Kier alpha value is -0.730. The van der Waals surface area contributed by atoms with Crippen molar-refractivity contribution in [3.05, 3.63) is 29.8 Å². The first-order valence-electron chi connectivity index (χ1n) is 5.34. The Morgan fingerprint density at radius 3 is 3.00 bits per heavy atom. The van der Waals surface area contributed by atoms with Crippen LogP contribution < -0.4 is 10.1 Å². The molecule has 1 heterocycles. The number of hydrogen-bond donors (Lipinski definition) is 1. The number of fused-ring (bicyclic) bond motifs is 1. The predicted molar refractivity (Wildman–Crippen MR) is 65.0 cm³/mol. The van der Waals surface area contributed by atoms with Crippen molar-refractivity contribution in [2.24, 2.45) is 0 Å². The summed E-state index contributed by atoms with van der Waals surface area (Å²) in [4.78, 5) is 0. The summed E-state index contributed by atoms with van der Waals surface area (Å²) < 4.78 is 5.67. The Balaban J connectivity index is 0.00000112. The van der Waals surface area contributed by atoms with E-state index < -0.39 is 0 Å². The molecule has 2 nitrogen and oxygen atoms in total. The average molecular weight is 228 g/mol. The van der Waals surface area contributed by atoms with Crippen molar-refractivity contribution < 1.29 is 4.74 Å².